The van der Waals surface area contributed by atoms with Crippen LogP contribution in [-0.4, -0.2) is 51.7 Å². The fourth-order valence-corrected chi connectivity index (χ4v) is 4.97. The summed E-state index contributed by atoms with van der Waals surface area (Å²) in [6, 6.07) is 23.6. The van der Waals surface area contributed by atoms with Crippen molar-refractivity contribution >= 4 is 17.5 Å². The highest BCUT2D eigenvalue weighted by Gasteiger charge is 2.24. The van der Waals surface area contributed by atoms with Gasteiger partial charge in [-0.15, -0.1) is 0 Å². The Kier molecular flexibility index (Phi) is 7.82. The second-order valence-electron chi connectivity index (χ2n) is 9.86. The number of piperazine rings is 1. The Labute approximate surface area is 229 Å². The van der Waals surface area contributed by atoms with Crippen molar-refractivity contribution in [1.29, 1.82) is 0 Å². The third-order valence-electron chi connectivity index (χ3n) is 7.22. The highest BCUT2D eigenvalue weighted by atomic mass is 35.5. The molecule has 1 aliphatic heterocycles. The maximum Gasteiger partial charge on any atom is 0.253 e. The Hall–Kier alpha value is -3.61. The number of nitrogens with zero attached hydrogens (tertiary/aromatic N) is 4. The average Bonchev–Trinajstić information content (AvgIpc) is 3.23. The predicted molar refractivity (Wildman–Crippen MR) is 151 cm³/mol. The highest BCUT2D eigenvalue weighted by Crippen LogP contribution is 2.23. The van der Waals surface area contributed by atoms with E-state index in [1.165, 1.54) is 11.3 Å². The van der Waals surface area contributed by atoms with Crippen molar-refractivity contribution in [2.24, 2.45) is 0 Å². The molecule has 3 aromatic carbocycles. The van der Waals surface area contributed by atoms with E-state index in [-0.39, 0.29) is 5.91 Å². The van der Waals surface area contributed by atoms with Crippen molar-refractivity contribution in [3.63, 3.8) is 0 Å². The molecule has 1 amide bonds. The van der Waals surface area contributed by atoms with Crippen LogP contribution in [0.3, 0.4) is 0 Å². The summed E-state index contributed by atoms with van der Waals surface area (Å²) in [6.07, 6.45) is 0. The third-order valence-corrected chi connectivity index (χ3v) is 7.64. The summed E-state index contributed by atoms with van der Waals surface area (Å²) in [4.78, 5) is 17.5. The molecule has 1 fully saturated rings. The molecule has 7 heteroatoms. The molecule has 1 aliphatic rings. The fraction of sp³-hybridized carbons (Fsp3) is 0.290. The number of ether oxygens (including phenoxy) is 1. The lowest BCUT2D eigenvalue weighted by Gasteiger charge is -2.34. The second kappa shape index (κ2) is 11.4. The first-order valence-corrected chi connectivity index (χ1v) is 13.4. The van der Waals surface area contributed by atoms with Crippen molar-refractivity contribution < 1.29 is 9.53 Å². The number of aryl methyl sites for hydroxylation is 2. The molecule has 0 spiro atoms. The topological polar surface area (TPSA) is 50.6 Å². The number of rotatable bonds is 7. The molecule has 0 atom stereocenters. The van der Waals surface area contributed by atoms with Crippen molar-refractivity contribution in [1.82, 2.24) is 19.6 Å². The Balaban J connectivity index is 1.14. The predicted octanol–water partition coefficient (Wildman–Crippen LogP) is 5.99. The molecule has 0 radical (unpaired) electrons. The number of benzene rings is 3. The first-order valence-electron chi connectivity index (χ1n) is 13.0. The minimum atomic E-state index is 0.0784. The minimum Gasteiger partial charge on any atom is -0.489 e. The van der Waals surface area contributed by atoms with Crippen LogP contribution in [0.15, 0.2) is 72.8 Å². The summed E-state index contributed by atoms with van der Waals surface area (Å²) in [5, 5.41) is 5.51. The SMILES string of the molecule is Cc1cc(OCc2ccc(C(=O)N3CCN(Cc4c(C)nn(-c5ccccc5)c4C)CC3)cc2)ccc1Cl. The Morgan fingerprint density at radius 1 is 0.921 bits per heavy atom. The first-order chi connectivity index (χ1) is 18.4. The molecule has 0 bridgehead atoms. The number of para-hydroxylation sites is 1. The standard InChI is InChI=1S/C31H33ClN4O2/c1-22-19-28(13-14-30(22)32)38-21-25-9-11-26(12-10-25)31(37)35-17-15-34(16-18-35)20-29-23(2)33-36(24(29)3)27-7-5-4-6-8-27/h4-14,19H,15-18,20-21H2,1-3H3. The molecule has 0 unspecified atom stereocenters. The lowest BCUT2D eigenvalue weighted by Crippen LogP contribution is -2.48. The van der Waals surface area contributed by atoms with Gasteiger partial charge in [-0.3, -0.25) is 9.69 Å². The van der Waals surface area contributed by atoms with Gasteiger partial charge in [-0.05, 0) is 74.4 Å². The molecule has 1 saturated heterocycles. The van der Waals surface area contributed by atoms with Crippen molar-refractivity contribution in [2.45, 2.75) is 33.9 Å². The molecule has 2 heterocycles. The number of hydrogen-bond acceptors (Lipinski definition) is 4. The zero-order valence-electron chi connectivity index (χ0n) is 22.2. The molecule has 1 aromatic heterocycles. The van der Waals surface area contributed by atoms with Crippen LogP contribution in [0.5, 0.6) is 5.75 Å². The second-order valence-corrected chi connectivity index (χ2v) is 10.3. The van der Waals surface area contributed by atoms with Crippen LogP contribution in [0.25, 0.3) is 5.69 Å². The van der Waals surface area contributed by atoms with E-state index in [1.54, 1.807) is 0 Å². The summed E-state index contributed by atoms with van der Waals surface area (Å²) in [7, 11) is 0. The van der Waals surface area contributed by atoms with Crippen LogP contribution in [0.1, 0.15) is 38.4 Å². The number of aromatic nitrogens is 2. The summed E-state index contributed by atoms with van der Waals surface area (Å²) in [5.74, 6) is 0.859. The lowest BCUT2D eigenvalue weighted by molar-refractivity contribution is 0.0628. The van der Waals surface area contributed by atoms with Gasteiger partial charge in [0.25, 0.3) is 5.91 Å². The van der Waals surface area contributed by atoms with Gasteiger partial charge in [0.1, 0.15) is 12.4 Å². The van der Waals surface area contributed by atoms with Gasteiger partial charge < -0.3 is 9.64 Å². The number of halogens is 1. The number of amides is 1. The smallest absolute Gasteiger partial charge is 0.253 e. The third kappa shape index (κ3) is 5.77. The normalized spacial score (nSPS) is 14.1. The summed E-state index contributed by atoms with van der Waals surface area (Å²) in [6.45, 7) is 10.6. The van der Waals surface area contributed by atoms with Crippen LogP contribution in [0, 0.1) is 20.8 Å². The van der Waals surface area contributed by atoms with Gasteiger partial charge in [-0.1, -0.05) is 41.9 Å². The molecule has 0 aliphatic carbocycles. The van der Waals surface area contributed by atoms with Gasteiger partial charge in [0.05, 0.1) is 11.4 Å². The zero-order chi connectivity index (χ0) is 26.6. The summed E-state index contributed by atoms with van der Waals surface area (Å²) >= 11 is 6.09. The van der Waals surface area contributed by atoms with Gasteiger partial charge in [-0.25, -0.2) is 4.68 Å². The van der Waals surface area contributed by atoms with Gasteiger partial charge in [-0.2, -0.15) is 5.10 Å². The summed E-state index contributed by atoms with van der Waals surface area (Å²) < 4.78 is 7.91. The number of carbonyl (C=O) groups excluding carboxylic acids is 1. The maximum atomic E-state index is 13.1. The quantitative estimate of drug-likeness (QED) is 0.296. The van der Waals surface area contributed by atoms with Crippen molar-refractivity contribution in [3.8, 4) is 11.4 Å². The van der Waals surface area contributed by atoms with Gasteiger partial charge in [0.15, 0.2) is 0 Å². The maximum absolute atomic E-state index is 13.1. The van der Waals surface area contributed by atoms with Crippen molar-refractivity contribution in [2.75, 3.05) is 26.2 Å². The molecule has 0 N–H and O–H groups in total. The van der Waals surface area contributed by atoms with E-state index in [9.17, 15) is 4.79 Å². The lowest BCUT2D eigenvalue weighted by atomic mass is 10.1. The molecule has 196 valence electrons. The Morgan fingerprint density at radius 3 is 2.32 bits per heavy atom. The highest BCUT2D eigenvalue weighted by molar-refractivity contribution is 6.31. The number of hydrogen-bond donors (Lipinski definition) is 0. The fourth-order valence-electron chi connectivity index (χ4n) is 4.86. The van der Waals surface area contributed by atoms with E-state index in [2.05, 4.69) is 30.9 Å². The molecule has 0 saturated carbocycles. The van der Waals surface area contributed by atoms with Gasteiger partial charge in [0, 0.05) is 54.6 Å². The molecule has 5 rings (SSSR count). The van der Waals surface area contributed by atoms with Crippen LogP contribution in [0.4, 0.5) is 0 Å². The molecular weight excluding hydrogens is 496 g/mol. The summed E-state index contributed by atoms with van der Waals surface area (Å²) in [5.41, 5.74) is 7.27. The number of carbonyl (C=O) groups is 1. The van der Waals surface area contributed by atoms with E-state index < -0.39 is 0 Å². The zero-order valence-corrected chi connectivity index (χ0v) is 22.9. The largest absolute Gasteiger partial charge is 0.489 e. The van der Waals surface area contributed by atoms with E-state index in [0.717, 1.165) is 52.9 Å². The Morgan fingerprint density at radius 2 is 1.63 bits per heavy atom. The van der Waals surface area contributed by atoms with E-state index in [4.69, 9.17) is 21.4 Å². The van der Waals surface area contributed by atoms with E-state index in [0.29, 0.717) is 25.3 Å². The van der Waals surface area contributed by atoms with E-state index in [1.807, 2.05) is 77.2 Å². The molecule has 4 aromatic rings. The van der Waals surface area contributed by atoms with Crippen molar-refractivity contribution in [3.05, 3.63) is 111 Å². The average molecular weight is 529 g/mol. The van der Waals surface area contributed by atoms with Crippen LogP contribution in [0.2, 0.25) is 5.02 Å². The van der Waals surface area contributed by atoms with Gasteiger partial charge >= 0.3 is 0 Å². The first kappa shape index (κ1) is 26.0. The molecule has 38 heavy (non-hydrogen) atoms. The minimum absolute atomic E-state index is 0.0784. The van der Waals surface area contributed by atoms with Crippen LogP contribution in [-0.2, 0) is 13.2 Å². The monoisotopic (exact) mass is 528 g/mol. The molecule has 6 nitrogen and oxygen atoms in total. The Bertz CT molecular complexity index is 1410. The molecular formula is C31H33ClN4O2. The van der Waals surface area contributed by atoms with Gasteiger partial charge in [0.2, 0.25) is 0 Å². The van der Waals surface area contributed by atoms with Crippen LogP contribution >= 0.6 is 11.6 Å². The van der Waals surface area contributed by atoms with Crippen LogP contribution < -0.4 is 4.74 Å². The van der Waals surface area contributed by atoms with E-state index >= 15 is 0 Å².